The third-order valence-electron chi connectivity index (χ3n) is 4.32. The molecule has 2 aromatic rings. The van der Waals surface area contributed by atoms with Gasteiger partial charge in [0.1, 0.15) is 5.75 Å². The number of benzene rings is 2. The third kappa shape index (κ3) is 5.03. The van der Waals surface area contributed by atoms with Crippen LogP contribution in [0.3, 0.4) is 0 Å². The number of hydrogen-bond acceptors (Lipinski definition) is 4. The van der Waals surface area contributed by atoms with Gasteiger partial charge < -0.3 is 9.64 Å². The molecular weight excluding hydrogens is 342 g/mol. The van der Waals surface area contributed by atoms with Crippen molar-refractivity contribution in [3.05, 3.63) is 65.2 Å². The number of ether oxygens (including phenoxy) is 1. The zero-order chi connectivity index (χ0) is 19.8. The van der Waals surface area contributed by atoms with Crippen LogP contribution >= 0.6 is 0 Å². The largest absolute Gasteiger partial charge is 0.494 e. The smallest absolute Gasteiger partial charge is 0.254 e. The molecular formula is C22H25NO4. The fraction of sp³-hybridized carbons (Fsp3) is 0.318. The topological polar surface area (TPSA) is 63.7 Å². The van der Waals surface area contributed by atoms with Gasteiger partial charge in [0.25, 0.3) is 5.91 Å². The van der Waals surface area contributed by atoms with E-state index in [0.717, 1.165) is 0 Å². The highest BCUT2D eigenvalue weighted by atomic mass is 16.5. The summed E-state index contributed by atoms with van der Waals surface area (Å²) in [6.07, 6.45) is -0.281. The molecule has 0 saturated carbocycles. The SMILES string of the molecule is CCOc1ccc(C(=O)CC(=O)c2ccccc2C(=O)N(CC)CC)cc1. The monoisotopic (exact) mass is 367 g/mol. The number of nitrogens with zero attached hydrogens (tertiary/aromatic N) is 1. The van der Waals surface area contributed by atoms with Gasteiger partial charge in [-0.05, 0) is 51.1 Å². The van der Waals surface area contributed by atoms with Gasteiger partial charge in [0.05, 0.1) is 18.6 Å². The van der Waals surface area contributed by atoms with Gasteiger partial charge >= 0.3 is 0 Å². The van der Waals surface area contributed by atoms with Crippen molar-refractivity contribution >= 4 is 17.5 Å². The second-order valence-electron chi connectivity index (χ2n) is 6.00. The van der Waals surface area contributed by atoms with E-state index in [2.05, 4.69) is 0 Å². The molecule has 5 heteroatoms. The second-order valence-corrected chi connectivity index (χ2v) is 6.00. The molecule has 2 aromatic carbocycles. The third-order valence-corrected chi connectivity index (χ3v) is 4.32. The van der Waals surface area contributed by atoms with Gasteiger partial charge in [0.2, 0.25) is 0 Å². The summed E-state index contributed by atoms with van der Waals surface area (Å²) >= 11 is 0. The van der Waals surface area contributed by atoms with Gasteiger partial charge in [-0.2, -0.15) is 0 Å². The predicted octanol–water partition coefficient (Wildman–Crippen LogP) is 4.02. The summed E-state index contributed by atoms with van der Waals surface area (Å²) < 4.78 is 5.36. The molecule has 0 spiro atoms. The summed E-state index contributed by atoms with van der Waals surface area (Å²) in [6.45, 7) is 7.33. The fourth-order valence-electron chi connectivity index (χ4n) is 2.84. The summed E-state index contributed by atoms with van der Waals surface area (Å²) in [6, 6.07) is 13.4. The van der Waals surface area contributed by atoms with Crippen LogP contribution in [0.4, 0.5) is 0 Å². The lowest BCUT2D eigenvalue weighted by atomic mass is 9.97. The number of ketones is 2. The van der Waals surface area contributed by atoms with Crippen molar-refractivity contribution in [3.8, 4) is 5.75 Å². The summed E-state index contributed by atoms with van der Waals surface area (Å²) in [5, 5.41) is 0. The zero-order valence-corrected chi connectivity index (χ0v) is 16.0. The van der Waals surface area contributed by atoms with E-state index in [1.54, 1.807) is 53.4 Å². The molecule has 1 amide bonds. The zero-order valence-electron chi connectivity index (χ0n) is 16.0. The molecule has 0 aliphatic heterocycles. The highest BCUT2D eigenvalue weighted by Crippen LogP contribution is 2.17. The van der Waals surface area contributed by atoms with Crippen molar-refractivity contribution in [2.24, 2.45) is 0 Å². The molecule has 0 radical (unpaired) electrons. The first-order valence-corrected chi connectivity index (χ1v) is 9.19. The Hall–Kier alpha value is -2.95. The van der Waals surface area contributed by atoms with E-state index in [1.807, 2.05) is 20.8 Å². The van der Waals surface area contributed by atoms with Crippen molar-refractivity contribution in [1.82, 2.24) is 4.90 Å². The summed E-state index contributed by atoms with van der Waals surface area (Å²) in [4.78, 5) is 39.5. The highest BCUT2D eigenvalue weighted by Gasteiger charge is 2.22. The summed E-state index contributed by atoms with van der Waals surface area (Å²) in [5.74, 6) is -0.161. The molecule has 142 valence electrons. The van der Waals surface area contributed by atoms with Crippen LogP contribution in [0.2, 0.25) is 0 Å². The summed E-state index contributed by atoms with van der Waals surface area (Å²) in [5.41, 5.74) is 1.07. The van der Waals surface area contributed by atoms with E-state index < -0.39 is 0 Å². The van der Waals surface area contributed by atoms with Gasteiger partial charge in [0.15, 0.2) is 11.6 Å². The molecule has 0 aliphatic carbocycles. The van der Waals surface area contributed by atoms with E-state index in [9.17, 15) is 14.4 Å². The molecule has 5 nitrogen and oxygen atoms in total. The number of Topliss-reactive ketones (excluding diaryl/α,β-unsaturated/α-hetero) is 2. The van der Waals surface area contributed by atoms with Crippen molar-refractivity contribution in [2.45, 2.75) is 27.2 Å². The number of carbonyl (C=O) groups excluding carboxylic acids is 3. The van der Waals surface area contributed by atoms with E-state index >= 15 is 0 Å². The van der Waals surface area contributed by atoms with Crippen LogP contribution in [-0.2, 0) is 0 Å². The Morgan fingerprint density at radius 1 is 0.815 bits per heavy atom. The number of hydrogen-bond donors (Lipinski definition) is 0. The van der Waals surface area contributed by atoms with Gasteiger partial charge in [-0.25, -0.2) is 0 Å². The van der Waals surface area contributed by atoms with Crippen molar-refractivity contribution in [2.75, 3.05) is 19.7 Å². The molecule has 0 fully saturated rings. The second kappa shape index (κ2) is 9.67. The Bertz CT molecular complexity index is 807. The molecule has 27 heavy (non-hydrogen) atoms. The average Bonchev–Trinajstić information content (AvgIpc) is 2.69. The van der Waals surface area contributed by atoms with E-state index in [4.69, 9.17) is 4.74 Å². The predicted molar refractivity (Wildman–Crippen MR) is 105 cm³/mol. The molecule has 0 N–H and O–H groups in total. The van der Waals surface area contributed by atoms with Gasteiger partial charge in [-0.1, -0.05) is 18.2 Å². The Balaban J connectivity index is 2.18. The first-order valence-electron chi connectivity index (χ1n) is 9.19. The lowest BCUT2D eigenvalue weighted by molar-refractivity contribution is 0.0764. The van der Waals surface area contributed by atoms with E-state index in [0.29, 0.717) is 36.6 Å². The fourth-order valence-corrected chi connectivity index (χ4v) is 2.84. The van der Waals surface area contributed by atoms with Gasteiger partial charge in [-0.3, -0.25) is 14.4 Å². The van der Waals surface area contributed by atoms with Crippen molar-refractivity contribution < 1.29 is 19.1 Å². The van der Waals surface area contributed by atoms with Crippen molar-refractivity contribution in [1.29, 1.82) is 0 Å². The number of carbonyl (C=O) groups is 3. The molecule has 0 bridgehead atoms. The lowest BCUT2D eigenvalue weighted by Gasteiger charge is -2.20. The number of rotatable bonds is 9. The highest BCUT2D eigenvalue weighted by molar-refractivity contribution is 6.17. The quantitative estimate of drug-likeness (QED) is 0.496. The first-order chi connectivity index (χ1) is 13.0. The molecule has 0 aromatic heterocycles. The Morgan fingerprint density at radius 2 is 1.41 bits per heavy atom. The standard InChI is InChI=1S/C22H25NO4/c1-4-23(5-2)22(26)19-10-8-7-9-18(19)21(25)15-20(24)16-11-13-17(14-12-16)27-6-3/h7-14H,4-6,15H2,1-3H3. The van der Waals surface area contributed by atoms with Crippen LogP contribution < -0.4 is 4.74 Å². The van der Waals surface area contributed by atoms with Gasteiger partial charge in [0, 0.05) is 24.2 Å². The van der Waals surface area contributed by atoms with Crippen LogP contribution in [0.5, 0.6) is 5.75 Å². The average molecular weight is 367 g/mol. The molecule has 2 rings (SSSR count). The van der Waals surface area contributed by atoms with Crippen LogP contribution in [0.1, 0.15) is 58.3 Å². The van der Waals surface area contributed by atoms with Crippen LogP contribution in [0, 0.1) is 0 Å². The first kappa shape index (κ1) is 20.4. The molecule has 0 unspecified atom stereocenters. The van der Waals surface area contributed by atoms with Crippen LogP contribution in [0.25, 0.3) is 0 Å². The van der Waals surface area contributed by atoms with E-state index in [1.165, 1.54) is 0 Å². The molecule has 0 saturated heterocycles. The Kier molecular flexibility index (Phi) is 7.29. The van der Waals surface area contributed by atoms with Crippen LogP contribution in [0.15, 0.2) is 48.5 Å². The normalized spacial score (nSPS) is 10.3. The minimum absolute atomic E-state index is 0.197. The Morgan fingerprint density at radius 3 is 1.96 bits per heavy atom. The van der Waals surface area contributed by atoms with E-state index in [-0.39, 0.29) is 29.5 Å². The van der Waals surface area contributed by atoms with Crippen molar-refractivity contribution in [3.63, 3.8) is 0 Å². The molecule has 0 heterocycles. The minimum atomic E-state index is -0.356. The Labute approximate surface area is 159 Å². The molecule has 0 aliphatic rings. The summed E-state index contributed by atoms with van der Waals surface area (Å²) in [7, 11) is 0. The maximum absolute atomic E-state index is 12.7. The lowest BCUT2D eigenvalue weighted by Crippen LogP contribution is -2.31. The molecule has 0 atom stereocenters. The minimum Gasteiger partial charge on any atom is -0.494 e. The van der Waals surface area contributed by atoms with Crippen LogP contribution in [-0.4, -0.2) is 42.1 Å². The maximum Gasteiger partial charge on any atom is 0.254 e. The maximum atomic E-state index is 12.7. The van der Waals surface area contributed by atoms with Gasteiger partial charge in [-0.15, -0.1) is 0 Å². The number of amides is 1.